The fourth-order valence-corrected chi connectivity index (χ4v) is 2.51. The van der Waals surface area contributed by atoms with Crippen molar-refractivity contribution in [1.29, 1.82) is 0 Å². The van der Waals surface area contributed by atoms with Crippen LogP contribution in [0.1, 0.15) is 41.8 Å². The van der Waals surface area contributed by atoms with Gasteiger partial charge in [0, 0.05) is 18.2 Å². The molecule has 0 saturated carbocycles. The molecule has 0 aliphatic carbocycles. The number of hydrogen-bond donors (Lipinski definition) is 1. The lowest BCUT2D eigenvalue weighted by molar-refractivity contribution is 0.0559. The third-order valence-corrected chi connectivity index (χ3v) is 3.56. The highest BCUT2D eigenvalue weighted by molar-refractivity contribution is 5.92. The second-order valence-electron chi connectivity index (χ2n) is 4.88. The van der Waals surface area contributed by atoms with Crippen LogP contribution in [0.15, 0.2) is 10.7 Å². The van der Waals surface area contributed by atoms with Gasteiger partial charge in [-0.25, -0.2) is 0 Å². The van der Waals surface area contributed by atoms with Crippen LogP contribution in [0.3, 0.4) is 0 Å². The lowest BCUT2D eigenvalue weighted by Gasteiger charge is -2.35. The molecule has 1 aliphatic heterocycles. The third-order valence-electron chi connectivity index (χ3n) is 3.56. The number of piperidine rings is 1. The van der Waals surface area contributed by atoms with Crippen LogP contribution in [-0.4, -0.2) is 42.1 Å². The summed E-state index contributed by atoms with van der Waals surface area (Å²) in [5.74, 6) is 0.386. The number of aromatic nitrogens is 1. The third kappa shape index (κ3) is 2.72. The minimum absolute atomic E-state index is 0.00852. The zero-order valence-corrected chi connectivity index (χ0v) is 11.1. The Kier molecular flexibility index (Phi) is 4.36. The van der Waals surface area contributed by atoms with Crippen molar-refractivity contribution in [3.63, 3.8) is 0 Å². The monoisotopic (exact) mass is 251 g/mol. The number of carbonyl (C=O) groups is 1. The molecule has 1 aromatic heterocycles. The number of aryl methyl sites for hydroxylation is 1. The first kappa shape index (κ1) is 13.1. The molecule has 1 saturated heterocycles. The smallest absolute Gasteiger partial charge is 0.292 e. The molecule has 0 aromatic carbocycles. The van der Waals surface area contributed by atoms with Crippen LogP contribution in [0, 0.1) is 6.92 Å². The second kappa shape index (κ2) is 6.00. The normalized spacial score (nSPS) is 20.1. The summed E-state index contributed by atoms with van der Waals surface area (Å²) >= 11 is 0. The zero-order valence-electron chi connectivity index (χ0n) is 11.1. The van der Waals surface area contributed by atoms with E-state index in [9.17, 15) is 4.79 Å². The maximum atomic E-state index is 12.4. The van der Waals surface area contributed by atoms with E-state index in [1.165, 1.54) is 6.42 Å². The predicted octanol–water partition coefficient (Wildman–Crippen LogP) is 1.59. The van der Waals surface area contributed by atoms with Crippen LogP contribution in [0.2, 0.25) is 0 Å². The zero-order chi connectivity index (χ0) is 13.0. The summed E-state index contributed by atoms with van der Waals surface area (Å²) in [6.07, 6.45) is 5.96. The van der Waals surface area contributed by atoms with Crippen LogP contribution in [-0.2, 0) is 0 Å². The lowest BCUT2D eigenvalue weighted by Crippen LogP contribution is -2.44. The van der Waals surface area contributed by atoms with Crippen molar-refractivity contribution in [2.24, 2.45) is 0 Å². The molecule has 1 fully saturated rings. The molecule has 2 rings (SSSR count). The molecule has 5 nitrogen and oxygen atoms in total. The molecule has 5 heteroatoms. The number of likely N-dealkylation sites (tertiary alicyclic amines) is 1. The standard InChI is InChI=1S/C13H21N3O2/c1-10-9-15-18-12(10)13(17)16-8-4-3-5-11(16)6-7-14-2/h9,11,14H,3-8H2,1-2H3. The molecule has 1 unspecified atom stereocenters. The molecular weight excluding hydrogens is 230 g/mol. The quantitative estimate of drug-likeness (QED) is 0.882. The Labute approximate surface area is 108 Å². The highest BCUT2D eigenvalue weighted by Gasteiger charge is 2.29. The first-order valence-electron chi connectivity index (χ1n) is 6.61. The summed E-state index contributed by atoms with van der Waals surface area (Å²) in [4.78, 5) is 14.4. The summed E-state index contributed by atoms with van der Waals surface area (Å²) < 4.78 is 5.08. The molecule has 100 valence electrons. The van der Waals surface area contributed by atoms with Gasteiger partial charge in [0.15, 0.2) is 0 Å². The summed E-state index contributed by atoms with van der Waals surface area (Å²) in [6.45, 7) is 3.62. The summed E-state index contributed by atoms with van der Waals surface area (Å²) in [6, 6.07) is 0.322. The van der Waals surface area contributed by atoms with Gasteiger partial charge in [0.05, 0.1) is 6.20 Å². The van der Waals surface area contributed by atoms with Gasteiger partial charge in [0.2, 0.25) is 5.76 Å². The van der Waals surface area contributed by atoms with Gasteiger partial charge in [-0.3, -0.25) is 4.79 Å². The number of nitrogens with one attached hydrogen (secondary N) is 1. The van der Waals surface area contributed by atoms with Gasteiger partial charge in [-0.1, -0.05) is 5.16 Å². The molecule has 0 bridgehead atoms. The lowest BCUT2D eigenvalue weighted by atomic mass is 9.98. The van der Waals surface area contributed by atoms with E-state index in [1.807, 2.05) is 18.9 Å². The number of hydrogen-bond acceptors (Lipinski definition) is 4. The average Bonchev–Trinajstić information content (AvgIpc) is 2.82. The first-order chi connectivity index (χ1) is 8.74. The summed E-state index contributed by atoms with van der Waals surface area (Å²) in [7, 11) is 1.94. The molecular formula is C13H21N3O2. The van der Waals surface area contributed by atoms with Crippen molar-refractivity contribution in [1.82, 2.24) is 15.4 Å². The Morgan fingerprint density at radius 1 is 1.61 bits per heavy atom. The van der Waals surface area contributed by atoms with Crippen molar-refractivity contribution in [3.05, 3.63) is 17.5 Å². The molecule has 1 N–H and O–H groups in total. The maximum absolute atomic E-state index is 12.4. The molecule has 1 aromatic rings. The van der Waals surface area contributed by atoms with Crippen LogP contribution in [0.25, 0.3) is 0 Å². The number of rotatable bonds is 4. The number of amides is 1. The Morgan fingerprint density at radius 3 is 3.11 bits per heavy atom. The van der Waals surface area contributed by atoms with Gasteiger partial charge < -0.3 is 14.7 Å². The van der Waals surface area contributed by atoms with E-state index in [2.05, 4.69) is 10.5 Å². The minimum Gasteiger partial charge on any atom is -0.351 e. The summed E-state index contributed by atoms with van der Waals surface area (Å²) in [5.41, 5.74) is 0.818. The van der Waals surface area contributed by atoms with Gasteiger partial charge in [-0.05, 0) is 46.2 Å². The van der Waals surface area contributed by atoms with Gasteiger partial charge >= 0.3 is 0 Å². The predicted molar refractivity (Wildman–Crippen MR) is 68.5 cm³/mol. The highest BCUT2D eigenvalue weighted by Crippen LogP contribution is 2.22. The topological polar surface area (TPSA) is 58.4 Å². The fourth-order valence-electron chi connectivity index (χ4n) is 2.51. The van der Waals surface area contributed by atoms with E-state index in [1.54, 1.807) is 6.20 Å². The average molecular weight is 251 g/mol. The van der Waals surface area contributed by atoms with Crippen LogP contribution in [0.5, 0.6) is 0 Å². The van der Waals surface area contributed by atoms with E-state index < -0.39 is 0 Å². The van der Waals surface area contributed by atoms with E-state index in [0.717, 1.165) is 37.9 Å². The molecule has 1 amide bonds. The van der Waals surface area contributed by atoms with E-state index in [4.69, 9.17) is 4.52 Å². The van der Waals surface area contributed by atoms with Crippen molar-refractivity contribution in [2.45, 2.75) is 38.6 Å². The van der Waals surface area contributed by atoms with E-state index in [0.29, 0.717) is 11.8 Å². The molecule has 18 heavy (non-hydrogen) atoms. The Hall–Kier alpha value is -1.36. The van der Waals surface area contributed by atoms with Gasteiger partial charge in [-0.15, -0.1) is 0 Å². The second-order valence-corrected chi connectivity index (χ2v) is 4.88. The van der Waals surface area contributed by atoms with Crippen LogP contribution in [0.4, 0.5) is 0 Å². The molecule has 0 radical (unpaired) electrons. The van der Waals surface area contributed by atoms with E-state index in [-0.39, 0.29) is 5.91 Å². The Bertz CT molecular complexity index is 403. The van der Waals surface area contributed by atoms with Crippen molar-refractivity contribution in [3.8, 4) is 0 Å². The minimum atomic E-state index is -0.00852. The van der Waals surface area contributed by atoms with Crippen molar-refractivity contribution >= 4 is 5.91 Å². The molecule has 0 spiro atoms. The summed E-state index contributed by atoms with van der Waals surface area (Å²) in [5, 5.41) is 6.84. The van der Waals surface area contributed by atoms with Crippen LogP contribution >= 0.6 is 0 Å². The van der Waals surface area contributed by atoms with Gasteiger partial charge in [0.25, 0.3) is 5.91 Å². The molecule has 1 aliphatic rings. The first-order valence-corrected chi connectivity index (χ1v) is 6.61. The van der Waals surface area contributed by atoms with E-state index >= 15 is 0 Å². The fraction of sp³-hybridized carbons (Fsp3) is 0.692. The SMILES string of the molecule is CNCCC1CCCCN1C(=O)c1oncc1C. The van der Waals surface area contributed by atoms with Gasteiger partial charge in [-0.2, -0.15) is 0 Å². The maximum Gasteiger partial charge on any atom is 0.292 e. The number of nitrogens with zero attached hydrogens (tertiary/aromatic N) is 2. The largest absolute Gasteiger partial charge is 0.351 e. The van der Waals surface area contributed by atoms with Crippen molar-refractivity contribution in [2.75, 3.05) is 20.1 Å². The van der Waals surface area contributed by atoms with Crippen molar-refractivity contribution < 1.29 is 9.32 Å². The Morgan fingerprint density at radius 2 is 2.44 bits per heavy atom. The molecule has 1 atom stereocenters. The Balaban J connectivity index is 2.08. The molecule has 2 heterocycles. The van der Waals surface area contributed by atoms with Crippen LogP contribution < -0.4 is 5.32 Å². The van der Waals surface area contributed by atoms with Gasteiger partial charge in [0.1, 0.15) is 0 Å². The highest BCUT2D eigenvalue weighted by atomic mass is 16.5. The number of carbonyl (C=O) groups excluding carboxylic acids is 1.